The smallest absolute Gasteiger partial charge is 0.0568 e. The average Bonchev–Trinajstić information content (AvgIpc) is 2.60. The standard InChI is InChI=1S/C13H11NS/c1-8-4-3-5-10-11-6-7-14-9(2)13(11)15-12(8)10/h3-7H,1-2H3. The van der Waals surface area contributed by atoms with Gasteiger partial charge in [-0.3, -0.25) is 4.98 Å². The first-order valence-electron chi connectivity index (χ1n) is 5.01. The van der Waals surface area contributed by atoms with E-state index in [2.05, 4.69) is 43.1 Å². The molecule has 74 valence electrons. The van der Waals surface area contributed by atoms with Gasteiger partial charge in [0.2, 0.25) is 0 Å². The number of thiophene rings is 1. The lowest BCUT2D eigenvalue weighted by Gasteiger charge is -1.94. The fourth-order valence-electron chi connectivity index (χ4n) is 2.00. The van der Waals surface area contributed by atoms with Crippen LogP contribution in [0.25, 0.3) is 20.2 Å². The maximum Gasteiger partial charge on any atom is 0.0568 e. The lowest BCUT2D eigenvalue weighted by molar-refractivity contribution is 1.25. The molecule has 0 aliphatic rings. The van der Waals surface area contributed by atoms with Crippen molar-refractivity contribution in [1.82, 2.24) is 4.98 Å². The Morgan fingerprint density at radius 3 is 2.67 bits per heavy atom. The number of aromatic nitrogens is 1. The maximum atomic E-state index is 4.34. The molecule has 0 fully saturated rings. The van der Waals surface area contributed by atoms with Gasteiger partial charge in [0, 0.05) is 21.7 Å². The van der Waals surface area contributed by atoms with E-state index in [9.17, 15) is 0 Å². The molecule has 0 saturated carbocycles. The van der Waals surface area contributed by atoms with Gasteiger partial charge in [-0.05, 0) is 25.5 Å². The summed E-state index contributed by atoms with van der Waals surface area (Å²) in [5.41, 5.74) is 2.49. The van der Waals surface area contributed by atoms with Crippen molar-refractivity contribution >= 4 is 31.5 Å². The molecule has 0 aliphatic carbocycles. The van der Waals surface area contributed by atoms with Crippen molar-refractivity contribution < 1.29 is 0 Å². The Balaban J connectivity index is 2.63. The van der Waals surface area contributed by atoms with Crippen LogP contribution in [0.3, 0.4) is 0 Å². The number of nitrogens with zero attached hydrogens (tertiary/aromatic N) is 1. The first-order chi connectivity index (χ1) is 7.27. The van der Waals surface area contributed by atoms with Crippen molar-refractivity contribution in [3.63, 3.8) is 0 Å². The largest absolute Gasteiger partial charge is 0.260 e. The Bertz CT molecular complexity index is 596. The number of hydrogen-bond donors (Lipinski definition) is 0. The average molecular weight is 213 g/mol. The third kappa shape index (κ3) is 1.18. The summed E-state index contributed by atoms with van der Waals surface area (Å²) >= 11 is 1.85. The van der Waals surface area contributed by atoms with Gasteiger partial charge in [0.1, 0.15) is 0 Å². The summed E-state index contributed by atoms with van der Waals surface area (Å²) < 4.78 is 2.71. The summed E-state index contributed by atoms with van der Waals surface area (Å²) in [6, 6.07) is 8.60. The lowest BCUT2D eigenvalue weighted by Crippen LogP contribution is -1.77. The molecule has 0 radical (unpaired) electrons. The van der Waals surface area contributed by atoms with Gasteiger partial charge < -0.3 is 0 Å². The summed E-state index contributed by atoms with van der Waals surface area (Å²) in [6.45, 7) is 4.24. The molecule has 0 aliphatic heterocycles. The molecule has 1 aromatic carbocycles. The van der Waals surface area contributed by atoms with Crippen LogP contribution < -0.4 is 0 Å². The fourth-order valence-corrected chi connectivity index (χ4v) is 3.21. The van der Waals surface area contributed by atoms with E-state index in [-0.39, 0.29) is 0 Å². The summed E-state index contributed by atoms with van der Waals surface area (Å²) in [4.78, 5) is 4.34. The second-order valence-corrected chi connectivity index (χ2v) is 4.85. The number of aryl methyl sites for hydroxylation is 2. The van der Waals surface area contributed by atoms with Crippen LogP contribution in [0.2, 0.25) is 0 Å². The molecule has 0 amide bonds. The SMILES string of the molecule is Cc1cccc2c1sc1c(C)nccc12. The summed E-state index contributed by atoms with van der Waals surface area (Å²) in [7, 11) is 0. The normalized spacial score (nSPS) is 11.3. The Hall–Kier alpha value is -1.41. The van der Waals surface area contributed by atoms with Crippen LogP contribution in [-0.4, -0.2) is 4.98 Å². The van der Waals surface area contributed by atoms with E-state index in [0.29, 0.717) is 0 Å². The van der Waals surface area contributed by atoms with Crippen molar-refractivity contribution in [2.75, 3.05) is 0 Å². The van der Waals surface area contributed by atoms with E-state index >= 15 is 0 Å². The Labute approximate surface area is 92.4 Å². The Morgan fingerprint density at radius 2 is 1.80 bits per heavy atom. The molecule has 0 atom stereocenters. The van der Waals surface area contributed by atoms with Crippen molar-refractivity contribution in [1.29, 1.82) is 0 Å². The number of pyridine rings is 1. The molecule has 15 heavy (non-hydrogen) atoms. The van der Waals surface area contributed by atoms with Gasteiger partial charge in [-0.25, -0.2) is 0 Å². The third-order valence-electron chi connectivity index (χ3n) is 2.79. The van der Waals surface area contributed by atoms with Crippen LogP contribution in [0, 0.1) is 13.8 Å². The minimum atomic E-state index is 1.13. The van der Waals surface area contributed by atoms with Gasteiger partial charge in [-0.15, -0.1) is 11.3 Å². The van der Waals surface area contributed by atoms with Crippen molar-refractivity contribution in [3.05, 3.63) is 41.7 Å². The molecular formula is C13H11NS. The zero-order valence-corrected chi connectivity index (χ0v) is 9.56. The van der Waals surface area contributed by atoms with Crippen LogP contribution in [0.15, 0.2) is 30.5 Å². The van der Waals surface area contributed by atoms with Crippen LogP contribution >= 0.6 is 11.3 Å². The first kappa shape index (κ1) is 8.86. The highest BCUT2D eigenvalue weighted by Crippen LogP contribution is 2.36. The number of benzene rings is 1. The van der Waals surface area contributed by atoms with Gasteiger partial charge in [0.15, 0.2) is 0 Å². The van der Waals surface area contributed by atoms with E-state index in [0.717, 1.165) is 5.69 Å². The quantitative estimate of drug-likeness (QED) is 0.548. The van der Waals surface area contributed by atoms with E-state index < -0.39 is 0 Å². The molecule has 2 aromatic heterocycles. The Kier molecular flexibility index (Phi) is 1.80. The van der Waals surface area contributed by atoms with Gasteiger partial charge in [-0.1, -0.05) is 18.2 Å². The predicted molar refractivity (Wildman–Crippen MR) is 66.6 cm³/mol. The second kappa shape index (κ2) is 3.04. The van der Waals surface area contributed by atoms with Crippen molar-refractivity contribution in [2.24, 2.45) is 0 Å². The molecule has 2 heteroatoms. The van der Waals surface area contributed by atoms with Crippen molar-refractivity contribution in [2.45, 2.75) is 13.8 Å². The van der Waals surface area contributed by atoms with Gasteiger partial charge in [-0.2, -0.15) is 0 Å². The number of fused-ring (bicyclic) bond motifs is 3. The molecule has 2 heterocycles. The van der Waals surface area contributed by atoms with E-state index in [1.54, 1.807) is 0 Å². The van der Waals surface area contributed by atoms with Gasteiger partial charge >= 0.3 is 0 Å². The summed E-state index contributed by atoms with van der Waals surface area (Å²) in [5.74, 6) is 0. The number of rotatable bonds is 0. The first-order valence-corrected chi connectivity index (χ1v) is 5.82. The fraction of sp³-hybridized carbons (Fsp3) is 0.154. The maximum absolute atomic E-state index is 4.34. The minimum absolute atomic E-state index is 1.13. The second-order valence-electron chi connectivity index (χ2n) is 3.83. The summed E-state index contributed by atoms with van der Waals surface area (Å²) in [6.07, 6.45) is 1.90. The molecule has 0 spiro atoms. The van der Waals surface area contributed by atoms with Crippen LogP contribution in [0.1, 0.15) is 11.3 Å². The third-order valence-corrected chi connectivity index (χ3v) is 4.25. The van der Waals surface area contributed by atoms with E-state index in [1.807, 2.05) is 17.5 Å². The highest BCUT2D eigenvalue weighted by molar-refractivity contribution is 7.26. The van der Waals surface area contributed by atoms with Crippen LogP contribution in [0.5, 0.6) is 0 Å². The van der Waals surface area contributed by atoms with Gasteiger partial charge in [0.25, 0.3) is 0 Å². The molecule has 0 saturated heterocycles. The highest BCUT2D eigenvalue weighted by atomic mass is 32.1. The van der Waals surface area contributed by atoms with E-state index in [1.165, 1.54) is 25.7 Å². The highest BCUT2D eigenvalue weighted by Gasteiger charge is 2.07. The zero-order valence-electron chi connectivity index (χ0n) is 8.74. The molecule has 1 nitrogen and oxygen atoms in total. The molecule has 0 bridgehead atoms. The predicted octanol–water partition coefficient (Wildman–Crippen LogP) is 4.07. The Morgan fingerprint density at radius 1 is 1.00 bits per heavy atom. The lowest BCUT2D eigenvalue weighted by atomic mass is 10.1. The molecule has 0 unspecified atom stereocenters. The summed E-state index contributed by atoms with van der Waals surface area (Å²) in [5, 5.41) is 2.70. The van der Waals surface area contributed by atoms with Crippen LogP contribution in [0.4, 0.5) is 0 Å². The topological polar surface area (TPSA) is 12.9 Å². The molecular weight excluding hydrogens is 202 g/mol. The number of hydrogen-bond acceptors (Lipinski definition) is 2. The van der Waals surface area contributed by atoms with Gasteiger partial charge in [0.05, 0.1) is 10.4 Å². The molecule has 0 N–H and O–H groups in total. The van der Waals surface area contributed by atoms with Crippen LogP contribution in [-0.2, 0) is 0 Å². The van der Waals surface area contributed by atoms with Crippen molar-refractivity contribution in [3.8, 4) is 0 Å². The zero-order chi connectivity index (χ0) is 10.4. The molecule has 3 rings (SSSR count). The molecule has 3 aromatic rings. The van der Waals surface area contributed by atoms with E-state index in [4.69, 9.17) is 0 Å². The minimum Gasteiger partial charge on any atom is -0.260 e. The monoisotopic (exact) mass is 213 g/mol.